The minimum absolute atomic E-state index is 0.0664. The number of anilines is 2. The topological polar surface area (TPSA) is 60.0 Å². The fourth-order valence-electron chi connectivity index (χ4n) is 2.94. The number of rotatable bonds is 4. The fraction of sp³-hybridized carbons (Fsp3) is 0.389. The van der Waals surface area contributed by atoms with Gasteiger partial charge in [0.05, 0.1) is 48.0 Å². The molecule has 0 radical (unpaired) electrons. The van der Waals surface area contributed by atoms with Crippen LogP contribution in [0.5, 0.6) is 5.75 Å². The van der Waals surface area contributed by atoms with Crippen molar-refractivity contribution in [2.45, 2.75) is 6.10 Å². The largest absolute Gasteiger partial charge is 0.490 e. The molecule has 4 rings (SSSR count). The quantitative estimate of drug-likeness (QED) is 0.907. The van der Waals surface area contributed by atoms with Gasteiger partial charge in [0.2, 0.25) is 0 Å². The van der Waals surface area contributed by atoms with E-state index in [1.165, 1.54) is 11.3 Å². The van der Waals surface area contributed by atoms with E-state index in [2.05, 4.69) is 10.2 Å². The molecule has 2 aromatic rings. The summed E-state index contributed by atoms with van der Waals surface area (Å²) < 4.78 is 16.6. The standard InChI is InChI=1S/C18H20N2O4S/c21-18(19-11-13-12-22-9-10-23-13)16-5-6-17(25-16)20-7-8-24-15-4-2-1-3-14(15)20/h1-6,13H,7-12H2,(H,19,21). The first kappa shape index (κ1) is 16.4. The van der Waals surface area contributed by atoms with Crippen molar-refractivity contribution in [2.24, 2.45) is 0 Å². The molecule has 132 valence electrons. The van der Waals surface area contributed by atoms with Crippen LogP contribution in [0.3, 0.4) is 0 Å². The highest BCUT2D eigenvalue weighted by atomic mass is 32.1. The zero-order valence-electron chi connectivity index (χ0n) is 13.8. The Morgan fingerprint density at radius 2 is 2.12 bits per heavy atom. The van der Waals surface area contributed by atoms with Gasteiger partial charge in [0.25, 0.3) is 5.91 Å². The third-order valence-corrected chi connectivity index (χ3v) is 5.29. The Bertz CT molecular complexity index is 742. The van der Waals surface area contributed by atoms with E-state index >= 15 is 0 Å². The summed E-state index contributed by atoms with van der Waals surface area (Å²) in [4.78, 5) is 15.3. The molecular weight excluding hydrogens is 340 g/mol. The van der Waals surface area contributed by atoms with Gasteiger partial charge in [0.1, 0.15) is 12.4 Å². The molecule has 1 unspecified atom stereocenters. The number of thiophene rings is 1. The van der Waals surface area contributed by atoms with E-state index in [4.69, 9.17) is 14.2 Å². The van der Waals surface area contributed by atoms with Gasteiger partial charge in [-0.15, -0.1) is 11.3 Å². The lowest BCUT2D eigenvalue weighted by Crippen LogP contribution is -2.39. The Morgan fingerprint density at radius 3 is 3.00 bits per heavy atom. The molecule has 0 bridgehead atoms. The number of carbonyl (C=O) groups excluding carboxylic acids is 1. The molecule has 7 heteroatoms. The van der Waals surface area contributed by atoms with E-state index in [-0.39, 0.29) is 12.0 Å². The van der Waals surface area contributed by atoms with Crippen LogP contribution in [0.15, 0.2) is 36.4 Å². The summed E-state index contributed by atoms with van der Waals surface area (Å²) in [6.07, 6.45) is -0.0664. The monoisotopic (exact) mass is 360 g/mol. The van der Waals surface area contributed by atoms with Crippen LogP contribution in [-0.4, -0.2) is 51.5 Å². The number of benzene rings is 1. The maximum Gasteiger partial charge on any atom is 0.261 e. The van der Waals surface area contributed by atoms with E-state index in [0.29, 0.717) is 37.8 Å². The summed E-state index contributed by atoms with van der Waals surface area (Å²) in [6, 6.07) is 11.8. The highest BCUT2D eigenvalue weighted by Gasteiger charge is 2.22. The Morgan fingerprint density at radius 1 is 1.20 bits per heavy atom. The molecule has 0 spiro atoms. The molecule has 25 heavy (non-hydrogen) atoms. The lowest BCUT2D eigenvalue weighted by atomic mass is 10.2. The van der Waals surface area contributed by atoms with Gasteiger partial charge in [-0.3, -0.25) is 4.79 Å². The first-order valence-corrected chi connectivity index (χ1v) is 9.19. The summed E-state index contributed by atoms with van der Waals surface area (Å²) in [5, 5.41) is 3.97. The summed E-state index contributed by atoms with van der Waals surface area (Å²) in [6.45, 7) is 3.61. The van der Waals surface area contributed by atoms with Crippen molar-refractivity contribution in [1.29, 1.82) is 0 Å². The van der Waals surface area contributed by atoms with Crippen molar-refractivity contribution in [3.8, 4) is 5.75 Å². The molecule has 1 aromatic carbocycles. The zero-order chi connectivity index (χ0) is 17.1. The van der Waals surface area contributed by atoms with Crippen LogP contribution in [0.25, 0.3) is 0 Å². The minimum atomic E-state index is -0.0769. The Labute approximate surface area is 150 Å². The predicted octanol–water partition coefficient (Wildman–Crippen LogP) is 2.42. The van der Waals surface area contributed by atoms with Crippen molar-refractivity contribution in [3.63, 3.8) is 0 Å². The molecule has 1 aromatic heterocycles. The van der Waals surface area contributed by atoms with Gasteiger partial charge in [-0.1, -0.05) is 12.1 Å². The number of nitrogens with one attached hydrogen (secondary N) is 1. The minimum Gasteiger partial charge on any atom is -0.490 e. The van der Waals surface area contributed by atoms with Crippen molar-refractivity contribution in [2.75, 3.05) is 44.4 Å². The normalized spacial score (nSPS) is 19.8. The number of hydrogen-bond acceptors (Lipinski definition) is 6. The van der Waals surface area contributed by atoms with Gasteiger partial charge in [-0.25, -0.2) is 0 Å². The summed E-state index contributed by atoms with van der Waals surface area (Å²) in [5.74, 6) is 0.801. The van der Waals surface area contributed by atoms with E-state index in [1.54, 1.807) is 0 Å². The molecule has 1 saturated heterocycles. The van der Waals surface area contributed by atoms with E-state index in [9.17, 15) is 4.79 Å². The highest BCUT2D eigenvalue weighted by Crippen LogP contribution is 2.39. The van der Waals surface area contributed by atoms with Gasteiger partial charge in [0, 0.05) is 6.54 Å². The van der Waals surface area contributed by atoms with Crippen molar-refractivity contribution in [3.05, 3.63) is 41.3 Å². The third-order valence-electron chi connectivity index (χ3n) is 4.19. The number of hydrogen-bond donors (Lipinski definition) is 1. The molecule has 2 aliphatic rings. The van der Waals surface area contributed by atoms with E-state index < -0.39 is 0 Å². The van der Waals surface area contributed by atoms with Gasteiger partial charge < -0.3 is 24.4 Å². The smallest absolute Gasteiger partial charge is 0.261 e. The van der Waals surface area contributed by atoms with Crippen LogP contribution >= 0.6 is 11.3 Å². The first-order valence-electron chi connectivity index (χ1n) is 8.38. The third kappa shape index (κ3) is 3.63. The van der Waals surface area contributed by atoms with Crippen LogP contribution in [0, 0.1) is 0 Å². The Kier molecular flexibility index (Phi) is 4.87. The molecule has 0 saturated carbocycles. The van der Waals surface area contributed by atoms with E-state index in [1.807, 2.05) is 36.4 Å². The van der Waals surface area contributed by atoms with Gasteiger partial charge in [0.15, 0.2) is 0 Å². The number of amides is 1. The first-order chi connectivity index (χ1) is 12.3. The second kappa shape index (κ2) is 7.43. The number of nitrogens with zero attached hydrogens (tertiary/aromatic N) is 1. The molecule has 3 heterocycles. The van der Waals surface area contributed by atoms with Crippen molar-refractivity contribution < 1.29 is 19.0 Å². The average molecular weight is 360 g/mol. The number of para-hydroxylation sites is 2. The fourth-order valence-corrected chi connectivity index (χ4v) is 3.90. The maximum absolute atomic E-state index is 12.4. The van der Waals surface area contributed by atoms with Crippen LogP contribution in [-0.2, 0) is 9.47 Å². The van der Waals surface area contributed by atoms with Gasteiger partial charge in [-0.2, -0.15) is 0 Å². The van der Waals surface area contributed by atoms with Crippen LogP contribution in [0.1, 0.15) is 9.67 Å². The Balaban J connectivity index is 1.43. The van der Waals surface area contributed by atoms with Crippen molar-refractivity contribution in [1.82, 2.24) is 5.32 Å². The number of ether oxygens (including phenoxy) is 3. The summed E-state index contributed by atoms with van der Waals surface area (Å²) in [5.41, 5.74) is 1.04. The molecule has 1 fully saturated rings. The molecule has 1 N–H and O–H groups in total. The van der Waals surface area contributed by atoms with Gasteiger partial charge in [-0.05, 0) is 24.3 Å². The molecule has 1 amide bonds. The number of fused-ring (bicyclic) bond motifs is 1. The number of carbonyl (C=O) groups is 1. The molecular formula is C18H20N2O4S. The SMILES string of the molecule is O=C(NCC1COCCO1)c1ccc(N2CCOc3ccccc32)s1. The van der Waals surface area contributed by atoms with Crippen LogP contribution < -0.4 is 15.0 Å². The van der Waals surface area contributed by atoms with Crippen LogP contribution in [0.4, 0.5) is 10.7 Å². The van der Waals surface area contributed by atoms with E-state index in [0.717, 1.165) is 23.0 Å². The highest BCUT2D eigenvalue weighted by molar-refractivity contribution is 7.18. The Hall–Kier alpha value is -2.09. The second-order valence-electron chi connectivity index (χ2n) is 5.88. The zero-order valence-corrected chi connectivity index (χ0v) is 14.6. The lowest BCUT2D eigenvalue weighted by Gasteiger charge is -2.29. The van der Waals surface area contributed by atoms with Gasteiger partial charge >= 0.3 is 0 Å². The molecule has 2 aliphatic heterocycles. The molecule has 1 atom stereocenters. The second-order valence-corrected chi connectivity index (χ2v) is 6.95. The van der Waals surface area contributed by atoms with Crippen LogP contribution in [0.2, 0.25) is 0 Å². The molecule has 6 nitrogen and oxygen atoms in total. The average Bonchev–Trinajstić information content (AvgIpc) is 3.16. The maximum atomic E-state index is 12.4. The predicted molar refractivity (Wildman–Crippen MR) is 96.2 cm³/mol. The summed E-state index contributed by atoms with van der Waals surface area (Å²) >= 11 is 1.48. The van der Waals surface area contributed by atoms with Crippen molar-refractivity contribution >= 4 is 27.9 Å². The molecule has 0 aliphatic carbocycles. The lowest BCUT2D eigenvalue weighted by molar-refractivity contribution is -0.0855. The summed E-state index contributed by atoms with van der Waals surface area (Å²) in [7, 11) is 0.